The van der Waals surface area contributed by atoms with Gasteiger partial charge in [-0.3, -0.25) is 4.79 Å². The van der Waals surface area contributed by atoms with Crippen molar-refractivity contribution < 1.29 is 4.79 Å². The maximum atomic E-state index is 12.4. The van der Waals surface area contributed by atoms with E-state index in [2.05, 4.69) is 45.3 Å². The molecule has 1 N–H and O–H groups in total. The number of rotatable bonds is 3. The normalized spacial score (nSPS) is 14.8. The van der Waals surface area contributed by atoms with Gasteiger partial charge in [-0.25, -0.2) is 0 Å². The average molecular weight is 407 g/mol. The molecule has 0 radical (unpaired) electrons. The molecule has 0 aliphatic carbocycles. The molecule has 0 fully saturated rings. The minimum atomic E-state index is 0.0609. The van der Waals surface area contributed by atoms with E-state index in [1.165, 1.54) is 16.5 Å². The summed E-state index contributed by atoms with van der Waals surface area (Å²) in [5.41, 5.74) is 4.70. The number of H-pyrrole nitrogens is 1. The number of benzene rings is 2. The summed E-state index contributed by atoms with van der Waals surface area (Å²) in [6.07, 6.45) is 8.64. The molecule has 0 unspecified atom stereocenters. The highest BCUT2D eigenvalue weighted by Crippen LogP contribution is 2.31. The molecule has 0 bridgehead atoms. The van der Waals surface area contributed by atoms with Crippen molar-refractivity contribution in [3.05, 3.63) is 82.5 Å². The van der Waals surface area contributed by atoms with Crippen LogP contribution in [-0.4, -0.2) is 28.9 Å². The summed E-state index contributed by atoms with van der Waals surface area (Å²) in [6.45, 7) is 1.39. The summed E-state index contributed by atoms with van der Waals surface area (Å²) in [5.74, 6) is 0.0609. The molecule has 26 heavy (non-hydrogen) atoms. The van der Waals surface area contributed by atoms with Crippen LogP contribution in [0.15, 0.2) is 71.4 Å². The molecule has 0 saturated heterocycles. The fourth-order valence-corrected chi connectivity index (χ4v) is 3.67. The van der Waals surface area contributed by atoms with Crippen LogP contribution >= 0.6 is 15.9 Å². The molecule has 0 saturated carbocycles. The molecular formula is C22H19BrN2O. The molecule has 4 rings (SSSR count). The van der Waals surface area contributed by atoms with E-state index >= 15 is 0 Å². The zero-order valence-corrected chi connectivity index (χ0v) is 15.9. The number of aromatic amines is 1. The highest BCUT2D eigenvalue weighted by molar-refractivity contribution is 9.10. The molecule has 0 spiro atoms. The van der Waals surface area contributed by atoms with Gasteiger partial charge in [0.15, 0.2) is 0 Å². The highest BCUT2D eigenvalue weighted by atomic mass is 79.9. The van der Waals surface area contributed by atoms with Gasteiger partial charge in [0.1, 0.15) is 0 Å². The Balaban J connectivity index is 1.48. The number of halogens is 1. The molecule has 4 heteroatoms. The van der Waals surface area contributed by atoms with Crippen molar-refractivity contribution in [3.8, 4) is 0 Å². The topological polar surface area (TPSA) is 36.1 Å². The van der Waals surface area contributed by atoms with E-state index in [9.17, 15) is 4.79 Å². The zero-order valence-electron chi connectivity index (χ0n) is 14.3. The van der Waals surface area contributed by atoms with Crippen LogP contribution in [0.25, 0.3) is 22.6 Å². The van der Waals surface area contributed by atoms with Crippen molar-refractivity contribution in [2.45, 2.75) is 6.42 Å². The van der Waals surface area contributed by atoms with Crippen LogP contribution in [0.4, 0.5) is 0 Å². The monoisotopic (exact) mass is 406 g/mol. The molecule has 0 atom stereocenters. The van der Waals surface area contributed by atoms with Crippen LogP contribution in [-0.2, 0) is 4.79 Å². The maximum absolute atomic E-state index is 12.4. The predicted molar refractivity (Wildman–Crippen MR) is 111 cm³/mol. The summed E-state index contributed by atoms with van der Waals surface area (Å²) in [5, 5.41) is 1.22. The van der Waals surface area contributed by atoms with Gasteiger partial charge in [-0.1, -0.05) is 52.3 Å². The largest absolute Gasteiger partial charge is 0.361 e. The maximum Gasteiger partial charge on any atom is 0.246 e. The molecule has 2 aromatic carbocycles. The second-order valence-corrected chi connectivity index (χ2v) is 7.32. The average Bonchev–Trinajstić information content (AvgIpc) is 3.10. The van der Waals surface area contributed by atoms with Gasteiger partial charge in [-0.15, -0.1) is 0 Å². The second-order valence-electron chi connectivity index (χ2n) is 6.40. The summed E-state index contributed by atoms with van der Waals surface area (Å²) < 4.78 is 1.07. The van der Waals surface area contributed by atoms with Gasteiger partial charge in [-0.05, 0) is 41.8 Å². The summed E-state index contributed by atoms with van der Waals surface area (Å²) in [4.78, 5) is 17.6. The van der Waals surface area contributed by atoms with Gasteiger partial charge in [0.05, 0.1) is 0 Å². The lowest BCUT2D eigenvalue weighted by molar-refractivity contribution is -0.125. The van der Waals surface area contributed by atoms with Crippen LogP contribution in [0.5, 0.6) is 0 Å². The molecule has 130 valence electrons. The van der Waals surface area contributed by atoms with Crippen molar-refractivity contribution >= 4 is 44.4 Å². The van der Waals surface area contributed by atoms with Crippen molar-refractivity contribution in [2.75, 3.05) is 13.1 Å². The minimum absolute atomic E-state index is 0.0609. The minimum Gasteiger partial charge on any atom is -0.361 e. The third-order valence-corrected chi connectivity index (χ3v) is 5.22. The number of amides is 1. The first-order valence-electron chi connectivity index (χ1n) is 8.69. The summed E-state index contributed by atoms with van der Waals surface area (Å²) in [7, 11) is 0. The van der Waals surface area contributed by atoms with Gasteiger partial charge in [-0.2, -0.15) is 0 Å². The first-order chi connectivity index (χ1) is 12.7. The fraction of sp³-hybridized carbons (Fsp3) is 0.136. The first-order valence-corrected chi connectivity index (χ1v) is 9.48. The number of nitrogens with zero attached hydrogens (tertiary/aromatic N) is 1. The summed E-state index contributed by atoms with van der Waals surface area (Å²) in [6, 6.07) is 16.2. The number of carbonyl (C=O) groups is 1. The van der Waals surface area contributed by atoms with Crippen molar-refractivity contribution in [1.29, 1.82) is 0 Å². The van der Waals surface area contributed by atoms with Crippen LogP contribution in [0.3, 0.4) is 0 Å². The van der Waals surface area contributed by atoms with Gasteiger partial charge in [0.2, 0.25) is 5.91 Å². The standard InChI is InChI=1S/C22H19BrN2O/c23-18-7-8-21-19(14-18)20(15-24-21)17-10-12-25(13-11-17)22(26)9-6-16-4-2-1-3-5-16/h1-10,14-15,24H,11-13H2/b9-6+. The zero-order chi connectivity index (χ0) is 17.9. The van der Waals surface area contributed by atoms with E-state index in [-0.39, 0.29) is 5.91 Å². The van der Waals surface area contributed by atoms with E-state index in [0.29, 0.717) is 6.54 Å². The third-order valence-electron chi connectivity index (χ3n) is 4.73. The Labute approximate surface area is 161 Å². The van der Waals surface area contributed by atoms with E-state index in [0.717, 1.165) is 28.5 Å². The quantitative estimate of drug-likeness (QED) is 0.591. The number of hydrogen-bond donors (Lipinski definition) is 1. The van der Waals surface area contributed by atoms with E-state index < -0.39 is 0 Å². The Hall–Kier alpha value is -2.59. The Bertz CT molecular complexity index is 1000. The van der Waals surface area contributed by atoms with Gasteiger partial charge < -0.3 is 9.88 Å². The second kappa shape index (κ2) is 7.34. The van der Waals surface area contributed by atoms with Crippen LogP contribution < -0.4 is 0 Å². The SMILES string of the molecule is O=C(/C=C/c1ccccc1)N1CC=C(c2c[nH]c3ccc(Br)cc23)CC1. The number of fused-ring (bicyclic) bond motifs is 1. The lowest BCUT2D eigenvalue weighted by Gasteiger charge is -2.25. The number of aromatic nitrogens is 1. The molecular weight excluding hydrogens is 388 g/mol. The predicted octanol–water partition coefficient (Wildman–Crippen LogP) is 5.26. The van der Waals surface area contributed by atoms with Crippen LogP contribution in [0.1, 0.15) is 17.5 Å². The summed E-state index contributed by atoms with van der Waals surface area (Å²) >= 11 is 3.55. The highest BCUT2D eigenvalue weighted by Gasteiger charge is 2.18. The van der Waals surface area contributed by atoms with Gasteiger partial charge >= 0.3 is 0 Å². The Morgan fingerprint density at radius 3 is 2.77 bits per heavy atom. The first kappa shape index (κ1) is 16.9. The van der Waals surface area contributed by atoms with Crippen molar-refractivity contribution in [2.24, 2.45) is 0 Å². The van der Waals surface area contributed by atoms with E-state index in [1.54, 1.807) is 6.08 Å². The van der Waals surface area contributed by atoms with Crippen LogP contribution in [0, 0.1) is 0 Å². The Morgan fingerprint density at radius 1 is 1.15 bits per heavy atom. The molecule has 1 aromatic heterocycles. The fourth-order valence-electron chi connectivity index (χ4n) is 3.31. The Kier molecular flexibility index (Phi) is 4.76. The van der Waals surface area contributed by atoms with Crippen molar-refractivity contribution in [1.82, 2.24) is 9.88 Å². The third kappa shape index (κ3) is 3.51. The number of nitrogens with one attached hydrogen (secondary N) is 1. The lowest BCUT2D eigenvalue weighted by Crippen LogP contribution is -2.33. The molecule has 2 heterocycles. The molecule has 3 nitrogen and oxygen atoms in total. The number of carbonyl (C=O) groups excluding carboxylic acids is 1. The molecule has 1 amide bonds. The van der Waals surface area contributed by atoms with Crippen molar-refractivity contribution in [3.63, 3.8) is 0 Å². The van der Waals surface area contributed by atoms with Crippen LogP contribution in [0.2, 0.25) is 0 Å². The molecule has 1 aliphatic heterocycles. The van der Waals surface area contributed by atoms with Gasteiger partial charge in [0, 0.05) is 46.3 Å². The Morgan fingerprint density at radius 2 is 2.00 bits per heavy atom. The van der Waals surface area contributed by atoms with E-state index in [4.69, 9.17) is 0 Å². The van der Waals surface area contributed by atoms with E-state index in [1.807, 2.05) is 47.4 Å². The smallest absolute Gasteiger partial charge is 0.246 e. The lowest BCUT2D eigenvalue weighted by atomic mass is 9.99. The number of hydrogen-bond acceptors (Lipinski definition) is 1. The van der Waals surface area contributed by atoms with Gasteiger partial charge in [0.25, 0.3) is 0 Å². The molecule has 1 aliphatic rings. The molecule has 3 aromatic rings.